The third-order valence-electron chi connectivity index (χ3n) is 3.50. The van der Waals surface area contributed by atoms with Crippen LogP contribution < -0.4 is 5.32 Å². The Labute approximate surface area is 116 Å². The van der Waals surface area contributed by atoms with Gasteiger partial charge in [0.15, 0.2) is 0 Å². The lowest BCUT2D eigenvalue weighted by Crippen LogP contribution is -2.45. The van der Waals surface area contributed by atoms with E-state index in [9.17, 15) is 4.79 Å². The molecule has 1 aliphatic rings. The monoisotopic (exact) mass is 260 g/mol. The maximum Gasteiger partial charge on any atom is 0.317 e. The zero-order chi connectivity index (χ0) is 14.0. The Morgan fingerprint density at radius 2 is 2.05 bits per heavy atom. The molecule has 0 aliphatic carbocycles. The number of fused-ring (bicyclic) bond motifs is 1. The summed E-state index contributed by atoms with van der Waals surface area (Å²) in [6, 6.07) is 8.46. The summed E-state index contributed by atoms with van der Waals surface area (Å²) in [5.41, 5.74) is 2.77. The fourth-order valence-corrected chi connectivity index (χ4v) is 2.47. The summed E-state index contributed by atoms with van der Waals surface area (Å²) in [5.74, 6) is 0.408. The van der Waals surface area contributed by atoms with Gasteiger partial charge in [0, 0.05) is 19.6 Å². The number of urea groups is 1. The third-order valence-corrected chi connectivity index (χ3v) is 3.50. The zero-order valence-corrected chi connectivity index (χ0v) is 12.4. The predicted molar refractivity (Wildman–Crippen MR) is 78.1 cm³/mol. The summed E-state index contributed by atoms with van der Waals surface area (Å²) in [5, 5.41) is 3.03. The molecule has 2 rings (SSSR count). The molecule has 0 saturated heterocycles. The van der Waals surface area contributed by atoms with Crippen LogP contribution in [0.1, 0.15) is 44.7 Å². The van der Waals surface area contributed by atoms with Crippen molar-refractivity contribution < 1.29 is 4.79 Å². The fraction of sp³-hybridized carbons (Fsp3) is 0.562. The van der Waals surface area contributed by atoms with Crippen LogP contribution >= 0.6 is 0 Å². The van der Waals surface area contributed by atoms with Gasteiger partial charge in [-0.2, -0.15) is 0 Å². The lowest BCUT2D eigenvalue weighted by molar-refractivity contribution is 0.183. The molecule has 2 amide bonds. The van der Waals surface area contributed by atoms with E-state index >= 15 is 0 Å². The highest BCUT2D eigenvalue weighted by Gasteiger charge is 2.25. The van der Waals surface area contributed by atoms with E-state index in [-0.39, 0.29) is 11.4 Å². The van der Waals surface area contributed by atoms with Crippen LogP contribution in [0.4, 0.5) is 4.79 Å². The molecule has 3 heteroatoms. The van der Waals surface area contributed by atoms with Crippen molar-refractivity contribution in [1.29, 1.82) is 0 Å². The van der Waals surface area contributed by atoms with Crippen molar-refractivity contribution in [3.8, 4) is 0 Å². The van der Waals surface area contributed by atoms with Gasteiger partial charge in [-0.05, 0) is 22.5 Å². The lowest BCUT2D eigenvalue weighted by atomic mass is 9.91. The number of carbonyl (C=O) groups excluding carboxylic acids is 1. The van der Waals surface area contributed by atoms with Crippen molar-refractivity contribution >= 4 is 6.03 Å². The average Bonchev–Trinajstić information content (AvgIpc) is 2.35. The Kier molecular flexibility index (Phi) is 3.83. The predicted octanol–water partition coefficient (Wildman–Crippen LogP) is 3.36. The Morgan fingerprint density at radius 3 is 2.74 bits per heavy atom. The van der Waals surface area contributed by atoms with Crippen molar-refractivity contribution in [2.24, 2.45) is 5.41 Å². The van der Waals surface area contributed by atoms with Gasteiger partial charge in [0.05, 0.1) is 0 Å². The molecule has 1 aromatic rings. The Hall–Kier alpha value is -1.51. The Balaban J connectivity index is 2.03. The van der Waals surface area contributed by atoms with Crippen molar-refractivity contribution in [2.75, 3.05) is 13.1 Å². The van der Waals surface area contributed by atoms with E-state index in [4.69, 9.17) is 0 Å². The number of hydrogen-bond acceptors (Lipinski definition) is 1. The maximum atomic E-state index is 12.2. The van der Waals surface area contributed by atoms with Gasteiger partial charge in [0.2, 0.25) is 0 Å². The van der Waals surface area contributed by atoms with Gasteiger partial charge in [-0.15, -0.1) is 0 Å². The zero-order valence-electron chi connectivity index (χ0n) is 12.4. The highest BCUT2D eigenvalue weighted by atomic mass is 16.2. The van der Waals surface area contributed by atoms with Crippen LogP contribution in [0.15, 0.2) is 24.3 Å². The number of nitrogens with zero attached hydrogens (tertiary/aromatic N) is 1. The van der Waals surface area contributed by atoms with Gasteiger partial charge in [0.25, 0.3) is 0 Å². The average molecular weight is 260 g/mol. The minimum Gasteiger partial charge on any atom is -0.337 e. The second kappa shape index (κ2) is 5.24. The number of hydrogen-bond donors (Lipinski definition) is 1. The molecule has 0 aromatic heterocycles. The van der Waals surface area contributed by atoms with Gasteiger partial charge in [0.1, 0.15) is 0 Å². The lowest BCUT2D eigenvalue weighted by Gasteiger charge is -2.33. The van der Waals surface area contributed by atoms with E-state index < -0.39 is 0 Å². The standard InChI is InChI=1S/C16H24N2O/c1-12-9-18(15(19)17-11-16(2,3)4)10-13-7-5-6-8-14(12)13/h5-8,12H,9-11H2,1-4H3,(H,17,19). The maximum absolute atomic E-state index is 12.2. The Bertz CT molecular complexity index is 462. The second-order valence-corrected chi connectivity index (χ2v) is 6.70. The minimum atomic E-state index is 0.0521. The van der Waals surface area contributed by atoms with Gasteiger partial charge in [-0.1, -0.05) is 52.0 Å². The van der Waals surface area contributed by atoms with Crippen molar-refractivity contribution in [1.82, 2.24) is 10.2 Å². The first-order chi connectivity index (χ1) is 8.87. The molecule has 0 fully saturated rings. The molecule has 19 heavy (non-hydrogen) atoms. The van der Waals surface area contributed by atoms with Gasteiger partial charge < -0.3 is 10.2 Å². The summed E-state index contributed by atoms with van der Waals surface area (Å²) >= 11 is 0. The summed E-state index contributed by atoms with van der Waals surface area (Å²) in [6.07, 6.45) is 0. The SMILES string of the molecule is CC1CN(C(=O)NCC(C)(C)C)Cc2ccccc21. The van der Waals surface area contributed by atoms with Crippen LogP contribution in [0.2, 0.25) is 0 Å². The molecule has 1 aliphatic heterocycles. The summed E-state index contributed by atoms with van der Waals surface area (Å²) in [6.45, 7) is 10.8. The molecule has 0 saturated carbocycles. The highest BCUT2D eigenvalue weighted by molar-refractivity contribution is 5.74. The molecule has 1 unspecified atom stereocenters. The summed E-state index contributed by atoms with van der Waals surface area (Å²) in [7, 11) is 0. The number of benzene rings is 1. The molecule has 0 spiro atoms. The van der Waals surface area contributed by atoms with Crippen LogP contribution in [-0.2, 0) is 6.54 Å². The van der Waals surface area contributed by atoms with Crippen molar-refractivity contribution in [2.45, 2.75) is 40.2 Å². The normalized spacial score (nSPS) is 18.9. The van der Waals surface area contributed by atoms with E-state index in [1.807, 2.05) is 11.0 Å². The topological polar surface area (TPSA) is 32.3 Å². The smallest absolute Gasteiger partial charge is 0.317 e. The summed E-state index contributed by atoms with van der Waals surface area (Å²) < 4.78 is 0. The largest absolute Gasteiger partial charge is 0.337 e. The number of rotatable bonds is 1. The molecule has 3 nitrogen and oxygen atoms in total. The molecule has 1 atom stereocenters. The van der Waals surface area contributed by atoms with Gasteiger partial charge >= 0.3 is 6.03 Å². The van der Waals surface area contributed by atoms with Gasteiger partial charge in [-0.25, -0.2) is 4.79 Å². The van der Waals surface area contributed by atoms with Crippen molar-refractivity contribution in [3.05, 3.63) is 35.4 Å². The molecule has 104 valence electrons. The second-order valence-electron chi connectivity index (χ2n) is 6.70. The molecule has 0 bridgehead atoms. The Morgan fingerprint density at radius 1 is 1.37 bits per heavy atom. The highest BCUT2D eigenvalue weighted by Crippen LogP contribution is 2.27. The number of amides is 2. The van der Waals surface area contributed by atoms with Crippen molar-refractivity contribution in [3.63, 3.8) is 0 Å². The number of carbonyl (C=O) groups is 1. The van der Waals surface area contributed by atoms with E-state index in [2.05, 4.69) is 51.2 Å². The van der Waals surface area contributed by atoms with Crippen LogP contribution in [0.25, 0.3) is 0 Å². The third kappa shape index (κ3) is 3.49. The minimum absolute atomic E-state index is 0.0521. The molecule has 0 radical (unpaired) electrons. The van der Waals surface area contributed by atoms with Gasteiger partial charge in [-0.3, -0.25) is 0 Å². The van der Waals surface area contributed by atoms with Crippen LogP contribution in [0.3, 0.4) is 0 Å². The molecule has 1 N–H and O–H groups in total. The molecular formula is C16H24N2O. The molecule has 1 aromatic carbocycles. The molecular weight excluding hydrogens is 236 g/mol. The van der Waals surface area contributed by atoms with Crippen LogP contribution in [-0.4, -0.2) is 24.0 Å². The quantitative estimate of drug-likeness (QED) is 0.825. The number of nitrogens with one attached hydrogen (secondary N) is 1. The van der Waals surface area contributed by atoms with Crippen LogP contribution in [0.5, 0.6) is 0 Å². The van der Waals surface area contributed by atoms with E-state index in [0.29, 0.717) is 12.5 Å². The fourth-order valence-electron chi connectivity index (χ4n) is 2.47. The van der Waals surface area contributed by atoms with E-state index in [0.717, 1.165) is 13.1 Å². The first kappa shape index (κ1) is 13.9. The summed E-state index contributed by atoms with van der Waals surface area (Å²) in [4.78, 5) is 14.1. The first-order valence-electron chi connectivity index (χ1n) is 6.97. The van der Waals surface area contributed by atoms with Crippen LogP contribution in [0, 0.1) is 5.41 Å². The van der Waals surface area contributed by atoms with E-state index in [1.165, 1.54) is 11.1 Å². The molecule has 1 heterocycles. The first-order valence-corrected chi connectivity index (χ1v) is 6.97. The van der Waals surface area contributed by atoms with E-state index in [1.54, 1.807) is 0 Å².